The van der Waals surface area contributed by atoms with Crippen LogP contribution in [0.2, 0.25) is 0 Å². The van der Waals surface area contributed by atoms with E-state index in [4.69, 9.17) is 9.47 Å². The zero-order valence-corrected chi connectivity index (χ0v) is 15.3. The highest BCUT2D eigenvalue weighted by Crippen LogP contribution is 2.41. The van der Waals surface area contributed by atoms with Crippen LogP contribution in [0.4, 0.5) is 0 Å². The van der Waals surface area contributed by atoms with Gasteiger partial charge in [0.1, 0.15) is 11.1 Å². The van der Waals surface area contributed by atoms with Crippen molar-refractivity contribution in [1.82, 2.24) is 5.32 Å². The molecule has 2 aliphatic rings. The molecular formula is C18H23NO5S. The lowest BCUT2D eigenvalue weighted by molar-refractivity contribution is -0.148. The number of carbonyl (C=O) groups is 2. The van der Waals surface area contributed by atoms with Gasteiger partial charge in [0.15, 0.2) is 18.1 Å². The van der Waals surface area contributed by atoms with Crippen molar-refractivity contribution in [3.05, 3.63) is 23.8 Å². The van der Waals surface area contributed by atoms with E-state index in [0.29, 0.717) is 24.3 Å². The SMILES string of the molecule is CC1(C)Cc2cccc(OCC(=O)NC3(C(=O)O)CCSCC3)c2O1. The minimum atomic E-state index is -1.18. The van der Waals surface area contributed by atoms with Crippen molar-refractivity contribution in [3.63, 3.8) is 0 Å². The number of carboxylic acid groups (broad SMARTS) is 1. The van der Waals surface area contributed by atoms with Crippen LogP contribution in [-0.2, 0) is 16.0 Å². The average Bonchev–Trinajstić information content (AvgIpc) is 2.88. The first-order valence-corrected chi connectivity index (χ1v) is 9.53. The fourth-order valence-corrected chi connectivity index (χ4v) is 4.45. The smallest absolute Gasteiger partial charge is 0.329 e. The van der Waals surface area contributed by atoms with E-state index in [1.54, 1.807) is 17.8 Å². The molecule has 0 radical (unpaired) electrons. The Morgan fingerprint density at radius 3 is 2.72 bits per heavy atom. The molecule has 7 heteroatoms. The predicted molar refractivity (Wildman–Crippen MR) is 95.4 cm³/mol. The molecule has 6 nitrogen and oxygen atoms in total. The summed E-state index contributed by atoms with van der Waals surface area (Å²) in [5.41, 5.74) is -0.422. The number of aliphatic carboxylic acids is 1. The number of ether oxygens (including phenoxy) is 2. The molecule has 0 saturated carbocycles. The van der Waals surface area contributed by atoms with Crippen molar-refractivity contribution in [2.45, 2.75) is 44.2 Å². The summed E-state index contributed by atoms with van der Waals surface area (Å²) < 4.78 is 11.5. The first-order valence-electron chi connectivity index (χ1n) is 8.37. The Morgan fingerprint density at radius 1 is 1.32 bits per heavy atom. The third kappa shape index (κ3) is 3.86. The zero-order valence-electron chi connectivity index (χ0n) is 14.5. The molecular weight excluding hydrogens is 342 g/mol. The van der Waals surface area contributed by atoms with Crippen LogP contribution in [-0.4, -0.2) is 46.2 Å². The van der Waals surface area contributed by atoms with Crippen molar-refractivity contribution in [2.75, 3.05) is 18.1 Å². The van der Waals surface area contributed by atoms with Gasteiger partial charge in [-0.25, -0.2) is 4.79 Å². The van der Waals surface area contributed by atoms with E-state index in [9.17, 15) is 14.7 Å². The lowest BCUT2D eigenvalue weighted by atomic mass is 9.92. The summed E-state index contributed by atoms with van der Waals surface area (Å²) >= 11 is 1.70. The van der Waals surface area contributed by atoms with E-state index >= 15 is 0 Å². The highest BCUT2D eigenvalue weighted by Gasteiger charge is 2.41. The van der Waals surface area contributed by atoms with Crippen LogP contribution in [0.5, 0.6) is 11.5 Å². The summed E-state index contributed by atoms with van der Waals surface area (Å²) in [5.74, 6) is 1.23. The molecule has 25 heavy (non-hydrogen) atoms. The predicted octanol–water partition coefficient (Wildman–Crippen LogP) is 2.25. The van der Waals surface area contributed by atoms with Crippen molar-refractivity contribution < 1.29 is 24.2 Å². The second kappa shape index (κ2) is 6.78. The topological polar surface area (TPSA) is 84.9 Å². The lowest BCUT2D eigenvalue weighted by Gasteiger charge is -2.33. The third-order valence-corrected chi connectivity index (χ3v) is 5.53. The second-order valence-electron chi connectivity index (χ2n) is 7.12. The number of nitrogens with one attached hydrogen (secondary N) is 1. The van der Waals surface area contributed by atoms with E-state index in [1.165, 1.54) is 0 Å². The molecule has 0 aliphatic carbocycles. The number of hydrogen-bond donors (Lipinski definition) is 2. The average molecular weight is 365 g/mol. The molecule has 2 N–H and O–H groups in total. The van der Waals surface area contributed by atoms with Gasteiger partial charge >= 0.3 is 5.97 Å². The molecule has 0 bridgehead atoms. The van der Waals surface area contributed by atoms with Crippen molar-refractivity contribution in [2.24, 2.45) is 0 Å². The standard InChI is InChI=1S/C18H23NO5S/c1-17(2)10-12-4-3-5-13(15(12)24-17)23-11-14(20)19-18(16(21)22)6-8-25-9-7-18/h3-5H,6-11H2,1-2H3,(H,19,20)(H,21,22). The zero-order chi connectivity index (χ0) is 18.1. The van der Waals surface area contributed by atoms with Gasteiger partial charge in [0.25, 0.3) is 5.91 Å². The van der Waals surface area contributed by atoms with Gasteiger partial charge in [-0.05, 0) is 44.3 Å². The van der Waals surface area contributed by atoms with Crippen LogP contribution in [0.1, 0.15) is 32.3 Å². The summed E-state index contributed by atoms with van der Waals surface area (Å²) in [5, 5.41) is 12.2. The Balaban J connectivity index is 1.64. The van der Waals surface area contributed by atoms with Gasteiger partial charge in [0.05, 0.1) is 0 Å². The summed E-state index contributed by atoms with van der Waals surface area (Å²) in [4.78, 5) is 23.9. The molecule has 0 atom stereocenters. The first kappa shape index (κ1) is 17.9. The van der Waals surface area contributed by atoms with Crippen LogP contribution < -0.4 is 14.8 Å². The van der Waals surface area contributed by atoms with Crippen molar-refractivity contribution >= 4 is 23.6 Å². The van der Waals surface area contributed by atoms with Gasteiger partial charge in [-0.2, -0.15) is 11.8 Å². The normalized spacial score (nSPS) is 20.2. The summed E-state index contributed by atoms with van der Waals surface area (Å²) in [6.45, 7) is 3.77. The molecule has 3 rings (SSSR count). The molecule has 1 fully saturated rings. The van der Waals surface area contributed by atoms with Crippen LogP contribution in [0.25, 0.3) is 0 Å². The van der Waals surface area contributed by atoms with Crippen molar-refractivity contribution in [1.29, 1.82) is 0 Å². The maximum absolute atomic E-state index is 12.3. The summed E-state index contributed by atoms with van der Waals surface area (Å²) in [7, 11) is 0. The summed E-state index contributed by atoms with van der Waals surface area (Å²) in [6.07, 6.45) is 1.64. The highest BCUT2D eigenvalue weighted by molar-refractivity contribution is 7.99. The number of hydrogen-bond acceptors (Lipinski definition) is 5. The number of para-hydroxylation sites is 1. The van der Waals surface area contributed by atoms with E-state index in [-0.39, 0.29) is 12.2 Å². The molecule has 0 unspecified atom stereocenters. The molecule has 0 spiro atoms. The number of thioether (sulfide) groups is 1. The Labute approximate surface area is 151 Å². The van der Waals surface area contributed by atoms with Gasteiger partial charge in [-0.3, -0.25) is 4.79 Å². The maximum Gasteiger partial charge on any atom is 0.329 e. The van der Waals surface area contributed by atoms with Gasteiger partial charge in [-0.15, -0.1) is 0 Å². The number of carbonyl (C=O) groups excluding carboxylic acids is 1. The molecule has 0 aromatic heterocycles. The lowest BCUT2D eigenvalue weighted by Crippen LogP contribution is -2.57. The fraction of sp³-hybridized carbons (Fsp3) is 0.556. The van der Waals surface area contributed by atoms with Gasteiger partial charge in [0.2, 0.25) is 0 Å². The van der Waals surface area contributed by atoms with Crippen LogP contribution >= 0.6 is 11.8 Å². The number of carboxylic acids is 1. The van der Waals surface area contributed by atoms with E-state index in [2.05, 4.69) is 5.32 Å². The molecule has 2 heterocycles. The maximum atomic E-state index is 12.3. The largest absolute Gasteiger partial charge is 0.483 e. The minimum Gasteiger partial charge on any atom is -0.483 e. The third-order valence-electron chi connectivity index (χ3n) is 4.55. The monoisotopic (exact) mass is 365 g/mol. The number of fused-ring (bicyclic) bond motifs is 1. The highest BCUT2D eigenvalue weighted by atomic mass is 32.2. The molecule has 1 aromatic rings. The number of benzene rings is 1. The Kier molecular flexibility index (Phi) is 4.86. The van der Waals surface area contributed by atoms with Gasteiger partial charge in [-0.1, -0.05) is 12.1 Å². The minimum absolute atomic E-state index is 0.234. The van der Waals surface area contributed by atoms with E-state index in [0.717, 1.165) is 23.5 Å². The fourth-order valence-electron chi connectivity index (χ4n) is 3.26. The van der Waals surface area contributed by atoms with Gasteiger partial charge in [0, 0.05) is 12.0 Å². The van der Waals surface area contributed by atoms with Crippen LogP contribution in [0.3, 0.4) is 0 Å². The molecule has 1 aromatic carbocycles. The van der Waals surface area contributed by atoms with E-state index < -0.39 is 17.4 Å². The summed E-state index contributed by atoms with van der Waals surface area (Å²) in [6, 6.07) is 5.61. The first-order chi connectivity index (χ1) is 11.8. The van der Waals surface area contributed by atoms with E-state index in [1.807, 2.05) is 26.0 Å². The Morgan fingerprint density at radius 2 is 2.04 bits per heavy atom. The Hall–Kier alpha value is -1.89. The molecule has 136 valence electrons. The molecule has 2 aliphatic heterocycles. The van der Waals surface area contributed by atoms with Crippen LogP contribution in [0.15, 0.2) is 18.2 Å². The second-order valence-corrected chi connectivity index (χ2v) is 8.34. The molecule has 1 saturated heterocycles. The number of rotatable bonds is 5. The quantitative estimate of drug-likeness (QED) is 0.832. The molecule has 1 amide bonds. The van der Waals surface area contributed by atoms with Gasteiger partial charge < -0.3 is 19.9 Å². The number of amides is 1. The Bertz CT molecular complexity index is 682. The van der Waals surface area contributed by atoms with Crippen LogP contribution in [0, 0.1) is 0 Å². The van der Waals surface area contributed by atoms with Crippen molar-refractivity contribution in [3.8, 4) is 11.5 Å².